The van der Waals surface area contributed by atoms with E-state index >= 15 is 0 Å². The molecule has 24 heavy (non-hydrogen) atoms. The van der Waals surface area contributed by atoms with E-state index in [0.29, 0.717) is 17.7 Å². The van der Waals surface area contributed by atoms with Gasteiger partial charge >= 0.3 is 0 Å². The summed E-state index contributed by atoms with van der Waals surface area (Å²) in [6.07, 6.45) is 0.472. The monoisotopic (exact) mass is 325 g/mol. The molecule has 1 amide bonds. The number of hydrogen-bond donors (Lipinski definition) is 1. The summed E-state index contributed by atoms with van der Waals surface area (Å²) in [5, 5.41) is 2.91. The molecule has 0 heterocycles. The minimum atomic E-state index is -0.184. The third-order valence-electron chi connectivity index (χ3n) is 3.82. The topological polar surface area (TPSA) is 55.4 Å². The second kappa shape index (κ2) is 8.29. The molecular weight excluding hydrogens is 302 g/mol. The molecule has 0 aliphatic carbocycles. The standard InChI is InChI=1S/C20H23NO3/c1-4-19(22)17-9-11-18(12-10-17)24-13-20(23)21-15(3)16-7-5-14(2)6-8-16/h5-12,15H,4,13H2,1-3H3,(H,21,23). The molecule has 0 saturated heterocycles. The molecule has 0 fully saturated rings. The van der Waals surface area contributed by atoms with Crippen molar-refractivity contribution in [2.45, 2.75) is 33.2 Å². The van der Waals surface area contributed by atoms with Crippen molar-refractivity contribution in [3.63, 3.8) is 0 Å². The van der Waals surface area contributed by atoms with Crippen molar-refractivity contribution in [2.75, 3.05) is 6.61 Å². The van der Waals surface area contributed by atoms with Gasteiger partial charge in [-0.15, -0.1) is 0 Å². The first kappa shape index (κ1) is 17.7. The van der Waals surface area contributed by atoms with Crippen molar-refractivity contribution in [2.24, 2.45) is 0 Å². The Kier molecular flexibility index (Phi) is 6.13. The number of ketones is 1. The van der Waals surface area contributed by atoms with E-state index in [4.69, 9.17) is 4.74 Å². The molecule has 0 radical (unpaired) electrons. The minimum Gasteiger partial charge on any atom is -0.484 e. The normalized spacial score (nSPS) is 11.6. The average Bonchev–Trinajstić information content (AvgIpc) is 2.60. The first-order valence-corrected chi connectivity index (χ1v) is 8.11. The molecule has 1 unspecified atom stereocenters. The third-order valence-corrected chi connectivity index (χ3v) is 3.82. The van der Waals surface area contributed by atoms with Crippen LogP contribution in [0.1, 0.15) is 47.8 Å². The molecule has 126 valence electrons. The molecule has 2 aromatic carbocycles. The van der Waals surface area contributed by atoms with Crippen LogP contribution in [-0.4, -0.2) is 18.3 Å². The molecular formula is C20H23NO3. The van der Waals surface area contributed by atoms with Gasteiger partial charge in [-0.05, 0) is 43.7 Å². The van der Waals surface area contributed by atoms with Gasteiger partial charge in [-0.1, -0.05) is 36.8 Å². The van der Waals surface area contributed by atoms with Gasteiger partial charge in [0.2, 0.25) is 0 Å². The third kappa shape index (κ3) is 4.95. The molecule has 0 aromatic heterocycles. The summed E-state index contributed by atoms with van der Waals surface area (Å²) in [6, 6.07) is 14.8. The largest absolute Gasteiger partial charge is 0.484 e. The summed E-state index contributed by atoms with van der Waals surface area (Å²) < 4.78 is 5.47. The van der Waals surface area contributed by atoms with Gasteiger partial charge in [-0.3, -0.25) is 9.59 Å². The number of carbonyl (C=O) groups excluding carboxylic acids is 2. The number of hydrogen-bond acceptors (Lipinski definition) is 3. The van der Waals surface area contributed by atoms with Crippen LogP contribution in [0.3, 0.4) is 0 Å². The molecule has 0 saturated carbocycles. The molecule has 0 aliphatic heterocycles. The van der Waals surface area contributed by atoms with Crippen molar-refractivity contribution in [3.8, 4) is 5.75 Å². The summed E-state index contributed by atoms with van der Waals surface area (Å²) in [4.78, 5) is 23.6. The lowest BCUT2D eigenvalue weighted by Gasteiger charge is -2.15. The summed E-state index contributed by atoms with van der Waals surface area (Å²) in [5.74, 6) is 0.476. The van der Waals surface area contributed by atoms with Gasteiger partial charge in [0.25, 0.3) is 5.91 Å². The van der Waals surface area contributed by atoms with E-state index in [1.807, 2.05) is 45.0 Å². The van der Waals surface area contributed by atoms with Gasteiger partial charge in [-0.2, -0.15) is 0 Å². The second-order valence-corrected chi connectivity index (χ2v) is 5.79. The lowest BCUT2D eigenvalue weighted by molar-refractivity contribution is -0.123. The van der Waals surface area contributed by atoms with Crippen LogP contribution in [0.25, 0.3) is 0 Å². The Bertz CT molecular complexity index is 690. The Labute approximate surface area is 142 Å². The van der Waals surface area contributed by atoms with Crippen LogP contribution in [0.15, 0.2) is 48.5 Å². The highest BCUT2D eigenvalue weighted by molar-refractivity contribution is 5.95. The number of rotatable bonds is 7. The SMILES string of the molecule is CCC(=O)c1ccc(OCC(=O)NC(C)c2ccc(C)cc2)cc1. The lowest BCUT2D eigenvalue weighted by atomic mass is 10.1. The summed E-state index contributed by atoms with van der Waals surface area (Å²) in [6.45, 7) is 5.73. The van der Waals surface area contributed by atoms with Crippen LogP contribution in [0, 0.1) is 6.92 Å². The molecule has 0 bridgehead atoms. The maximum absolute atomic E-state index is 12.0. The van der Waals surface area contributed by atoms with Crippen molar-refractivity contribution in [1.82, 2.24) is 5.32 Å². The van der Waals surface area contributed by atoms with Crippen molar-refractivity contribution < 1.29 is 14.3 Å². The smallest absolute Gasteiger partial charge is 0.258 e. The van der Waals surface area contributed by atoms with E-state index in [2.05, 4.69) is 5.32 Å². The van der Waals surface area contributed by atoms with Crippen LogP contribution in [-0.2, 0) is 4.79 Å². The first-order valence-electron chi connectivity index (χ1n) is 8.11. The van der Waals surface area contributed by atoms with E-state index in [1.54, 1.807) is 24.3 Å². The van der Waals surface area contributed by atoms with Crippen molar-refractivity contribution in [1.29, 1.82) is 0 Å². The van der Waals surface area contributed by atoms with E-state index in [1.165, 1.54) is 5.56 Å². The Morgan fingerprint density at radius 2 is 1.67 bits per heavy atom. The molecule has 0 aliphatic rings. The van der Waals surface area contributed by atoms with Gasteiger partial charge in [0.15, 0.2) is 12.4 Å². The summed E-state index contributed by atoms with van der Waals surface area (Å²) >= 11 is 0. The number of amides is 1. The van der Waals surface area contributed by atoms with Crippen molar-refractivity contribution >= 4 is 11.7 Å². The highest BCUT2D eigenvalue weighted by Gasteiger charge is 2.10. The molecule has 1 N–H and O–H groups in total. The number of benzene rings is 2. The number of carbonyl (C=O) groups is 2. The highest BCUT2D eigenvalue weighted by atomic mass is 16.5. The van der Waals surface area contributed by atoms with Crippen LogP contribution >= 0.6 is 0 Å². The van der Waals surface area contributed by atoms with Crippen LogP contribution in [0.2, 0.25) is 0 Å². The molecule has 4 heteroatoms. The molecule has 0 spiro atoms. The lowest BCUT2D eigenvalue weighted by Crippen LogP contribution is -2.31. The molecule has 1 atom stereocenters. The Morgan fingerprint density at radius 3 is 2.25 bits per heavy atom. The van der Waals surface area contributed by atoms with Gasteiger partial charge in [0.1, 0.15) is 5.75 Å². The zero-order valence-electron chi connectivity index (χ0n) is 14.3. The molecule has 2 aromatic rings. The van der Waals surface area contributed by atoms with Crippen LogP contribution < -0.4 is 10.1 Å². The minimum absolute atomic E-state index is 0.0583. The fourth-order valence-electron chi connectivity index (χ4n) is 2.31. The fourth-order valence-corrected chi connectivity index (χ4v) is 2.31. The Morgan fingerprint density at radius 1 is 1.04 bits per heavy atom. The molecule has 4 nitrogen and oxygen atoms in total. The second-order valence-electron chi connectivity index (χ2n) is 5.79. The van der Waals surface area contributed by atoms with E-state index in [-0.39, 0.29) is 24.3 Å². The number of Topliss-reactive ketones (excluding diaryl/α,β-unsaturated/α-hetero) is 1. The fraction of sp³-hybridized carbons (Fsp3) is 0.300. The van der Waals surface area contributed by atoms with Crippen molar-refractivity contribution in [3.05, 3.63) is 65.2 Å². The van der Waals surface area contributed by atoms with E-state index < -0.39 is 0 Å². The zero-order chi connectivity index (χ0) is 17.5. The highest BCUT2D eigenvalue weighted by Crippen LogP contribution is 2.15. The number of ether oxygens (including phenoxy) is 1. The summed E-state index contributed by atoms with van der Waals surface area (Å²) in [5.41, 5.74) is 2.89. The predicted octanol–water partition coefficient (Wildman–Crippen LogP) is 3.84. The van der Waals surface area contributed by atoms with Crippen LogP contribution in [0.4, 0.5) is 0 Å². The van der Waals surface area contributed by atoms with Gasteiger partial charge in [0.05, 0.1) is 6.04 Å². The number of aryl methyl sites for hydroxylation is 1. The van der Waals surface area contributed by atoms with Gasteiger partial charge in [0, 0.05) is 12.0 Å². The average molecular weight is 325 g/mol. The van der Waals surface area contributed by atoms with E-state index in [0.717, 1.165) is 5.56 Å². The van der Waals surface area contributed by atoms with Crippen LogP contribution in [0.5, 0.6) is 5.75 Å². The quantitative estimate of drug-likeness (QED) is 0.787. The molecule has 2 rings (SSSR count). The zero-order valence-corrected chi connectivity index (χ0v) is 14.3. The number of nitrogens with one attached hydrogen (secondary N) is 1. The maximum atomic E-state index is 12.0. The summed E-state index contributed by atoms with van der Waals surface area (Å²) in [7, 11) is 0. The first-order chi connectivity index (χ1) is 11.5. The van der Waals surface area contributed by atoms with Gasteiger partial charge < -0.3 is 10.1 Å². The Hall–Kier alpha value is -2.62. The maximum Gasteiger partial charge on any atom is 0.258 e. The van der Waals surface area contributed by atoms with Gasteiger partial charge in [-0.25, -0.2) is 0 Å². The van der Waals surface area contributed by atoms with E-state index in [9.17, 15) is 9.59 Å². The predicted molar refractivity (Wildman–Crippen MR) is 94.3 cm³/mol. The Balaban J connectivity index is 1.84.